The monoisotopic (exact) mass is 269 g/mol. The molecule has 100 valence electrons. The van der Waals surface area contributed by atoms with Gasteiger partial charge in [-0.25, -0.2) is 4.39 Å². The molecule has 1 fully saturated rings. The molecule has 0 aromatic heterocycles. The zero-order valence-electron chi connectivity index (χ0n) is 10.7. The van der Waals surface area contributed by atoms with Crippen LogP contribution in [0.3, 0.4) is 0 Å². The van der Waals surface area contributed by atoms with E-state index in [9.17, 15) is 9.50 Å². The van der Waals surface area contributed by atoms with E-state index in [0.29, 0.717) is 18.2 Å². The molecule has 0 bridgehead atoms. The first-order valence-electron chi connectivity index (χ1n) is 6.52. The van der Waals surface area contributed by atoms with Gasteiger partial charge in [0, 0.05) is 23.4 Å². The van der Waals surface area contributed by atoms with Crippen LogP contribution in [0, 0.1) is 5.82 Å². The number of thioether (sulfide) groups is 1. The Morgan fingerprint density at radius 1 is 1.44 bits per heavy atom. The standard InChI is InChI=1S/C14H20FNOS/c1-2-18-12-7-6-11(8-12)16-9-10-4-3-5-13(15)14(10)17/h3-5,11-12,16-17H,2,6-9H2,1H3. The number of hydrogen-bond acceptors (Lipinski definition) is 3. The molecule has 1 saturated carbocycles. The Morgan fingerprint density at radius 2 is 2.28 bits per heavy atom. The molecule has 18 heavy (non-hydrogen) atoms. The minimum absolute atomic E-state index is 0.220. The van der Waals surface area contributed by atoms with Crippen LogP contribution in [0.2, 0.25) is 0 Å². The van der Waals surface area contributed by atoms with Gasteiger partial charge < -0.3 is 10.4 Å². The molecular weight excluding hydrogens is 249 g/mol. The summed E-state index contributed by atoms with van der Waals surface area (Å²) in [5.74, 6) is 0.407. The molecule has 0 radical (unpaired) electrons. The second kappa shape index (κ2) is 6.43. The first-order valence-corrected chi connectivity index (χ1v) is 7.57. The number of nitrogens with one attached hydrogen (secondary N) is 1. The molecule has 1 aliphatic carbocycles. The lowest BCUT2D eigenvalue weighted by Gasteiger charge is -2.14. The van der Waals surface area contributed by atoms with Gasteiger partial charge in [-0.1, -0.05) is 19.1 Å². The summed E-state index contributed by atoms with van der Waals surface area (Å²) in [4.78, 5) is 0. The maximum atomic E-state index is 13.2. The molecule has 1 aromatic carbocycles. The number of benzene rings is 1. The summed E-state index contributed by atoms with van der Waals surface area (Å²) in [6.07, 6.45) is 3.60. The summed E-state index contributed by atoms with van der Waals surface area (Å²) < 4.78 is 13.2. The van der Waals surface area contributed by atoms with Crippen molar-refractivity contribution in [2.45, 2.75) is 44.0 Å². The molecule has 1 aliphatic rings. The summed E-state index contributed by atoms with van der Waals surface area (Å²) in [5.41, 5.74) is 0.640. The van der Waals surface area contributed by atoms with Crippen molar-refractivity contribution in [3.8, 4) is 5.75 Å². The third kappa shape index (κ3) is 3.39. The fourth-order valence-electron chi connectivity index (χ4n) is 2.47. The second-order valence-electron chi connectivity index (χ2n) is 4.72. The third-order valence-corrected chi connectivity index (χ3v) is 4.67. The Morgan fingerprint density at radius 3 is 3.06 bits per heavy atom. The lowest BCUT2D eigenvalue weighted by Crippen LogP contribution is -2.26. The fraction of sp³-hybridized carbons (Fsp3) is 0.571. The van der Waals surface area contributed by atoms with E-state index < -0.39 is 5.82 Å². The van der Waals surface area contributed by atoms with Crippen molar-refractivity contribution in [1.82, 2.24) is 5.32 Å². The number of halogens is 1. The molecular formula is C14H20FNOS. The highest BCUT2D eigenvalue weighted by Crippen LogP contribution is 2.30. The average molecular weight is 269 g/mol. The minimum atomic E-state index is -0.542. The van der Waals surface area contributed by atoms with Gasteiger partial charge >= 0.3 is 0 Å². The number of para-hydroxylation sites is 1. The Hall–Kier alpha value is -0.740. The van der Waals surface area contributed by atoms with E-state index in [-0.39, 0.29) is 5.75 Å². The molecule has 2 unspecified atom stereocenters. The molecule has 0 spiro atoms. The van der Waals surface area contributed by atoms with Crippen molar-refractivity contribution in [1.29, 1.82) is 0 Å². The maximum absolute atomic E-state index is 13.2. The molecule has 0 heterocycles. The summed E-state index contributed by atoms with van der Waals surface area (Å²) in [6.45, 7) is 2.73. The van der Waals surface area contributed by atoms with E-state index in [2.05, 4.69) is 12.2 Å². The van der Waals surface area contributed by atoms with Gasteiger partial charge in [0.15, 0.2) is 11.6 Å². The Balaban J connectivity index is 1.83. The predicted octanol–water partition coefficient (Wildman–Crippen LogP) is 3.30. The zero-order chi connectivity index (χ0) is 13.0. The molecule has 0 amide bonds. The lowest BCUT2D eigenvalue weighted by molar-refractivity contribution is 0.419. The topological polar surface area (TPSA) is 32.3 Å². The second-order valence-corrected chi connectivity index (χ2v) is 6.29. The van der Waals surface area contributed by atoms with Gasteiger partial charge in [0.25, 0.3) is 0 Å². The smallest absolute Gasteiger partial charge is 0.165 e. The van der Waals surface area contributed by atoms with Crippen LogP contribution in [-0.2, 0) is 6.54 Å². The van der Waals surface area contributed by atoms with Crippen LogP contribution >= 0.6 is 11.8 Å². The van der Waals surface area contributed by atoms with Crippen LogP contribution in [0.5, 0.6) is 5.75 Å². The highest BCUT2D eigenvalue weighted by Gasteiger charge is 2.24. The molecule has 4 heteroatoms. The fourth-order valence-corrected chi connectivity index (χ4v) is 3.61. The lowest BCUT2D eigenvalue weighted by atomic mass is 10.1. The normalized spacial score (nSPS) is 23.4. The summed E-state index contributed by atoms with van der Waals surface area (Å²) >= 11 is 2.02. The minimum Gasteiger partial charge on any atom is -0.505 e. The zero-order valence-corrected chi connectivity index (χ0v) is 11.5. The molecule has 2 N–H and O–H groups in total. The van der Waals surface area contributed by atoms with Gasteiger partial charge in [0.1, 0.15) is 0 Å². The van der Waals surface area contributed by atoms with Gasteiger partial charge in [-0.15, -0.1) is 0 Å². The Kier molecular flexibility index (Phi) is 4.89. The van der Waals surface area contributed by atoms with Gasteiger partial charge in [-0.2, -0.15) is 11.8 Å². The SMILES string of the molecule is CCSC1CCC(NCc2cccc(F)c2O)C1. The largest absolute Gasteiger partial charge is 0.505 e. The molecule has 0 saturated heterocycles. The first kappa shape index (κ1) is 13.7. The van der Waals surface area contributed by atoms with Crippen LogP contribution in [0.15, 0.2) is 18.2 Å². The number of rotatable bonds is 5. The van der Waals surface area contributed by atoms with Gasteiger partial charge in [0.05, 0.1) is 0 Å². The molecule has 2 nitrogen and oxygen atoms in total. The molecule has 2 rings (SSSR count). The van der Waals surface area contributed by atoms with Crippen LogP contribution in [0.1, 0.15) is 31.7 Å². The summed E-state index contributed by atoms with van der Waals surface area (Å²) in [6, 6.07) is 5.17. The van der Waals surface area contributed by atoms with Crippen LogP contribution in [0.4, 0.5) is 4.39 Å². The quantitative estimate of drug-likeness (QED) is 0.860. The number of hydrogen-bond donors (Lipinski definition) is 2. The first-order chi connectivity index (χ1) is 8.70. The van der Waals surface area contributed by atoms with Crippen LogP contribution in [0.25, 0.3) is 0 Å². The van der Waals surface area contributed by atoms with E-state index in [4.69, 9.17) is 0 Å². The van der Waals surface area contributed by atoms with Crippen molar-refractivity contribution >= 4 is 11.8 Å². The van der Waals surface area contributed by atoms with Crippen molar-refractivity contribution < 1.29 is 9.50 Å². The van der Waals surface area contributed by atoms with Gasteiger partial charge in [-0.3, -0.25) is 0 Å². The molecule has 1 aromatic rings. The number of phenolic OH excluding ortho intramolecular Hbond substituents is 1. The van der Waals surface area contributed by atoms with Gasteiger partial charge in [0.2, 0.25) is 0 Å². The number of phenols is 1. The van der Waals surface area contributed by atoms with Crippen molar-refractivity contribution in [3.63, 3.8) is 0 Å². The van der Waals surface area contributed by atoms with E-state index >= 15 is 0 Å². The maximum Gasteiger partial charge on any atom is 0.165 e. The van der Waals surface area contributed by atoms with E-state index in [0.717, 1.165) is 5.25 Å². The van der Waals surface area contributed by atoms with Crippen molar-refractivity contribution in [3.05, 3.63) is 29.6 Å². The third-order valence-electron chi connectivity index (χ3n) is 3.44. The van der Waals surface area contributed by atoms with E-state index in [1.165, 1.54) is 31.1 Å². The Bertz CT molecular complexity index is 399. The predicted molar refractivity (Wildman–Crippen MR) is 74.5 cm³/mol. The van der Waals surface area contributed by atoms with Crippen molar-refractivity contribution in [2.75, 3.05) is 5.75 Å². The molecule has 2 atom stereocenters. The highest BCUT2D eigenvalue weighted by atomic mass is 32.2. The van der Waals surface area contributed by atoms with Crippen LogP contribution < -0.4 is 5.32 Å². The van der Waals surface area contributed by atoms with E-state index in [1.807, 2.05) is 11.8 Å². The van der Waals surface area contributed by atoms with Crippen molar-refractivity contribution in [2.24, 2.45) is 0 Å². The van der Waals surface area contributed by atoms with Gasteiger partial charge in [-0.05, 0) is 31.1 Å². The van der Waals surface area contributed by atoms with Crippen LogP contribution in [-0.4, -0.2) is 22.2 Å². The highest BCUT2D eigenvalue weighted by molar-refractivity contribution is 7.99. The summed E-state index contributed by atoms with van der Waals surface area (Å²) in [7, 11) is 0. The average Bonchev–Trinajstić information content (AvgIpc) is 2.79. The molecule has 0 aliphatic heterocycles. The summed E-state index contributed by atoms with van der Waals surface area (Å²) in [5, 5.41) is 13.8. The number of aromatic hydroxyl groups is 1. The Labute approximate surface area is 112 Å². The van der Waals surface area contributed by atoms with E-state index in [1.54, 1.807) is 12.1 Å².